The Morgan fingerprint density at radius 1 is 0.828 bits per heavy atom. The maximum absolute atomic E-state index is 12.7. The zero-order valence-corrected chi connectivity index (χ0v) is 17.2. The second-order valence-electron chi connectivity index (χ2n) is 9.94. The molecule has 1 aromatic carbocycles. The van der Waals surface area contributed by atoms with Crippen molar-refractivity contribution in [2.75, 3.05) is 5.32 Å². The quantitative estimate of drug-likeness (QED) is 0.692. The SMILES string of the molecule is O=C(Nc1cccc(C(=O)NC2CCCCC2)c1)NC1C2CC3CC(C2)CC1C3. The van der Waals surface area contributed by atoms with Crippen LogP contribution in [0, 0.1) is 23.7 Å². The normalized spacial score (nSPS) is 33.3. The van der Waals surface area contributed by atoms with E-state index in [2.05, 4.69) is 16.0 Å². The number of carbonyl (C=O) groups excluding carboxylic acids is 2. The predicted octanol–water partition coefficient (Wildman–Crippen LogP) is 4.70. The van der Waals surface area contributed by atoms with Crippen molar-refractivity contribution in [3.63, 3.8) is 0 Å². The van der Waals surface area contributed by atoms with E-state index in [1.165, 1.54) is 51.4 Å². The van der Waals surface area contributed by atoms with Gasteiger partial charge in [0.05, 0.1) is 0 Å². The molecule has 3 amide bonds. The third kappa shape index (κ3) is 4.15. The van der Waals surface area contributed by atoms with Crippen molar-refractivity contribution in [2.45, 2.75) is 76.3 Å². The second kappa shape index (κ2) is 8.00. The van der Waals surface area contributed by atoms with Crippen LogP contribution >= 0.6 is 0 Å². The molecule has 0 unspecified atom stereocenters. The molecule has 0 heterocycles. The number of urea groups is 1. The van der Waals surface area contributed by atoms with Gasteiger partial charge >= 0.3 is 6.03 Å². The Kier molecular flexibility index (Phi) is 5.23. The highest BCUT2D eigenvalue weighted by molar-refractivity contribution is 5.97. The molecule has 29 heavy (non-hydrogen) atoms. The Balaban J connectivity index is 1.18. The summed E-state index contributed by atoms with van der Waals surface area (Å²) in [6.07, 6.45) is 12.4. The van der Waals surface area contributed by atoms with Crippen LogP contribution in [0.2, 0.25) is 0 Å². The lowest BCUT2D eigenvalue weighted by molar-refractivity contribution is -0.00883. The Hall–Kier alpha value is -2.04. The first-order valence-electron chi connectivity index (χ1n) is 11.6. The number of nitrogens with one attached hydrogen (secondary N) is 3. The first-order valence-corrected chi connectivity index (χ1v) is 11.6. The molecule has 0 aromatic heterocycles. The third-order valence-corrected chi connectivity index (χ3v) is 7.85. The summed E-state index contributed by atoms with van der Waals surface area (Å²) in [6, 6.07) is 7.77. The number of carbonyl (C=O) groups is 2. The summed E-state index contributed by atoms with van der Waals surface area (Å²) in [4.78, 5) is 25.3. The monoisotopic (exact) mass is 395 g/mol. The van der Waals surface area contributed by atoms with Crippen LogP contribution in [0.15, 0.2) is 24.3 Å². The molecule has 0 saturated heterocycles. The zero-order chi connectivity index (χ0) is 19.8. The number of hydrogen-bond donors (Lipinski definition) is 3. The molecule has 5 fully saturated rings. The van der Waals surface area contributed by atoms with Gasteiger partial charge in [0.2, 0.25) is 0 Å². The summed E-state index contributed by atoms with van der Waals surface area (Å²) >= 11 is 0. The van der Waals surface area contributed by atoms with E-state index < -0.39 is 0 Å². The van der Waals surface area contributed by atoms with Crippen molar-refractivity contribution in [1.29, 1.82) is 0 Å². The summed E-state index contributed by atoms with van der Waals surface area (Å²) < 4.78 is 0. The highest BCUT2D eigenvalue weighted by atomic mass is 16.2. The molecule has 4 bridgehead atoms. The zero-order valence-electron chi connectivity index (χ0n) is 17.2. The largest absolute Gasteiger partial charge is 0.349 e. The molecule has 1 aromatic rings. The molecular weight excluding hydrogens is 362 g/mol. The first kappa shape index (κ1) is 19.0. The van der Waals surface area contributed by atoms with Crippen LogP contribution in [-0.4, -0.2) is 24.0 Å². The maximum atomic E-state index is 12.7. The lowest BCUT2D eigenvalue weighted by atomic mass is 9.54. The molecule has 0 atom stereocenters. The summed E-state index contributed by atoms with van der Waals surface area (Å²) in [5.41, 5.74) is 1.30. The Bertz CT molecular complexity index is 743. The van der Waals surface area contributed by atoms with Gasteiger partial charge in [-0.1, -0.05) is 25.3 Å². The van der Waals surface area contributed by atoms with E-state index in [9.17, 15) is 9.59 Å². The summed E-state index contributed by atoms with van der Waals surface area (Å²) in [6.45, 7) is 0. The highest BCUT2D eigenvalue weighted by Gasteiger charge is 2.48. The minimum Gasteiger partial charge on any atom is -0.349 e. The van der Waals surface area contributed by atoms with Gasteiger partial charge in [0.15, 0.2) is 0 Å². The fourth-order valence-electron chi connectivity index (χ4n) is 6.73. The minimum atomic E-state index is -0.132. The summed E-state index contributed by atoms with van der Waals surface area (Å²) in [5.74, 6) is 3.08. The van der Waals surface area contributed by atoms with E-state index >= 15 is 0 Å². The molecule has 156 valence electrons. The van der Waals surface area contributed by atoms with Crippen LogP contribution in [0.25, 0.3) is 0 Å². The molecule has 0 aliphatic heterocycles. The summed E-state index contributed by atoms with van der Waals surface area (Å²) in [5, 5.41) is 9.39. The molecule has 5 aliphatic carbocycles. The molecular formula is C24H33N3O2. The summed E-state index contributed by atoms with van der Waals surface area (Å²) in [7, 11) is 0. The fourth-order valence-corrected chi connectivity index (χ4v) is 6.73. The van der Waals surface area contributed by atoms with Gasteiger partial charge in [0.25, 0.3) is 5.91 Å². The van der Waals surface area contributed by atoms with Gasteiger partial charge in [-0.3, -0.25) is 4.79 Å². The van der Waals surface area contributed by atoms with Crippen molar-refractivity contribution >= 4 is 17.6 Å². The number of amides is 3. The number of anilines is 1. The Morgan fingerprint density at radius 2 is 1.52 bits per heavy atom. The molecule has 5 heteroatoms. The molecule has 5 saturated carbocycles. The average Bonchev–Trinajstić information content (AvgIpc) is 2.71. The fraction of sp³-hybridized carbons (Fsp3) is 0.667. The van der Waals surface area contributed by atoms with Gasteiger partial charge in [0.1, 0.15) is 0 Å². The van der Waals surface area contributed by atoms with Gasteiger partial charge in [-0.2, -0.15) is 0 Å². The van der Waals surface area contributed by atoms with Crippen LogP contribution in [0.5, 0.6) is 0 Å². The maximum Gasteiger partial charge on any atom is 0.319 e. The van der Waals surface area contributed by atoms with Crippen LogP contribution in [0.3, 0.4) is 0 Å². The van der Waals surface area contributed by atoms with Crippen LogP contribution < -0.4 is 16.0 Å². The van der Waals surface area contributed by atoms with Gasteiger partial charge in [-0.05, 0) is 86.8 Å². The molecule has 0 radical (unpaired) electrons. The van der Waals surface area contributed by atoms with E-state index in [0.29, 0.717) is 29.1 Å². The van der Waals surface area contributed by atoms with Crippen molar-refractivity contribution < 1.29 is 9.59 Å². The van der Waals surface area contributed by atoms with Crippen molar-refractivity contribution in [3.05, 3.63) is 29.8 Å². The Labute approximate surface area is 173 Å². The lowest BCUT2D eigenvalue weighted by Gasteiger charge is -2.54. The number of benzene rings is 1. The Morgan fingerprint density at radius 3 is 2.21 bits per heavy atom. The molecule has 3 N–H and O–H groups in total. The molecule has 5 aliphatic rings. The molecule has 0 spiro atoms. The van der Waals surface area contributed by atoms with Gasteiger partial charge in [0, 0.05) is 23.3 Å². The lowest BCUT2D eigenvalue weighted by Crippen LogP contribution is -2.56. The van der Waals surface area contributed by atoms with Crippen molar-refractivity contribution in [1.82, 2.24) is 10.6 Å². The van der Waals surface area contributed by atoms with E-state index in [1.54, 1.807) is 6.07 Å². The number of hydrogen-bond acceptors (Lipinski definition) is 2. The van der Waals surface area contributed by atoms with E-state index in [0.717, 1.165) is 24.7 Å². The van der Waals surface area contributed by atoms with Crippen molar-refractivity contribution in [2.24, 2.45) is 23.7 Å². The highest BCUT2D eigenvalue weighted by Crippen LogP contribution is 2.53. The van der Waals surface area contributed by atoms with E-state index in [-0.39, 0.29) is 18.0 Å². The first-order chi connectivity index (χ1) is 14.1. The standard InChI is InChI=1S/C24H33N3O2/c28-23(25-20-6-2-1-3-7-20)17-5-4-8-21(14-17)26-24(29)27-22-18-10-15-9-16(12-18)13-19(22)11-15/h4-5,8,14-16,18-20,22H,1-3,6-7,9-13H2,(H,25,28)(H2,26,27,29). The third-order valence-electron chi connectivity index (χ3n) is 7.85. The van der Waals surface area contributed by atoms with Gasteiger partial charge in [-0.25, -0.2) is 4.79 Å². The van der Waals surface area contributed by atoms with Gasteiger partial charge in [-0.15, -0.1) is 0 Å². The smallest absolute Gasteiger partial charge is 0.319 e. The van der Waals surface area contributed by atoms with E-state index in [4.69, 9.17) is 0 Å². The van der Waals surface area contributed by atoms with Crippen LogP contribution in [0.4, 0.5) is 10.5 Å². The van der Waals surface area contributed by atoms with Gasteiger partial charge < -0.3 is 16.0 Å². The van der Waals surface area contributed by atoms with Crippen LogP contribution in [0.1, 0.15) is 74.6 Å². The second-order valence-corrected chi connectivity index (χ2v) is 9.94. The number of rotatable bonds is 4. The molecule has 6 rings (SSSR count). The topological polar surface area (TPSA) is 70.2 Å². The minimum absolute atomic E-state index is 0.0398. The average molecular weight is 396 g/mol. The predicted molar refractivity (Wildman–Crippen MR) is 114 cm³/mol. The van der Waals surface area contributed by atoms with E-state index in [1.807, 2.05) is 18.2 Å². The molecule has 5 nitrogen and oxygen atoms in total. The van der Waals surface area contributed by atoms with Crippen molar-refractivity contribution in [3.8, 4) is 0 Å². The van der Waals surface area contributed by atoms with Crippen LogP contribution in [-0.2, 0) is 0 Å².